The van der Waals surface area contributed by atoms with Crippen LogP contribution in [-0.2, 0) is 0 Å². The molecule has 0 aliphatic rings. The maximum Gasteiger partial charge on any atom is 0.348 e. The molecule has 0 radical (unpaired) electrons. The van der Waals surface area contributed by atoms with Crippen LogP contribution in [0, 0.1) is 0 Å². The van der Waals surface area contributed by atoms with Gasteiger partial charge in [0.05, 0.1) is 0 Å². The molecule has 92 valence electrons. The molecule has 0 aromatic carbocycles. The normalized spacial score (nSPS) is 10.9. The highest BCUT2D eigenvalue weighted by atomic mass is 35.5. The van der Waals surface area contributed by atoms with Crippen molar-refractivity contribution >= 4 is 23.1 Å². The lowest BCUT2D eigenvalue weighted by Crippen LogP contribution is -2.10. The molecule has 2 rings (SSSR count). The molecule has 0 atom stereocenters. The summed E-state index contributed by atoms with van der Waals surface area (Å²) in [5.41, 5.74) is 0.287. The molecule has 7 heteroatoms. The molecule has 0 aliphatic carbocycles. The summed E-state index contributed by atoms with van der Waals surface area (Å²) in [5.74, 6) is 1.43. The molecule has 2 aromatic rings. The fraction of sp³-hybridized carbons (Fsp3) is 0.500. The van der Waals surface area contributed by atoms with Gasteiger partial charge in [-0.3, -0.25) is 0 Å². The fourth-order valence-corrected chi connectivity index (χ4v) is 1.71. The van der Waals surface area contributed by atoms with E-state index in [1.54, 1.807) is 6.07 Å². The Morgan fingerprint density at radius 1 is 1.41 bits per heavy atom. The Bertz CT molecular complexity index is 535. The minimum atomic E-state index is -0.277. The number of alkyl halides is 1. The first-order valence-electron chi connectivity index (χ1n) is 5.54. The van der Waals surface area contributed by atoms with Gasteiger partial charge in [-0.25, -0.2) is 19.3 Å². The first-order valence-corrected chi connectivity index (χ1v) is 6.07. The van der Waals surface area contributed by atoms with E-state index in [1.807, 2.05) is 0 Å². The van der Waals surface area contributed by atoms with Crippen LogP contribution >= 0.6 is 11.6 Å². The van der Waals surface area contributed by atoms with Crippen LogP contribution in [-0.4, -0.2) is 32.0 Å². The number of halogens is 1. The number of hydrogen-bond donors (Lipinski definition) is 2. The Kier molecular flexibility index (Phi) is 3.98. The minimum Gasteiger partial charge on any atom is -0.370 e. The van der Waals surface area contributed by atoms with E-state index in [-0.39, 0.29) is 5.69 Å². The number of nitrogens with one attached hydrogen (secondary N) is 2. The molecular formula is C10H14ClN5O. The third kappa shape index (κ3) is 2.97. The summed E-state index contributed by atoms with van der Waals surface area (Å²) >= 11 is 5.59. The van der Waals surface area contributed by atoms with Gasteiger partial charge in [-0.05, 0) is 12.8 Å². The van der Waals surface area contributed by atoms with Gasteiger partial charge in [0.25, 0.3) is 0 Å². The first-order chi connectivity index (χ1) is 8.31. The highest BCUT2D eigenvalue weighted by Crippen LogP contribution is 2.05. The smallest absolute Gasteiger partial charge is 0.348 e. The van der Waals surface area contributed by atoms with Gasteiger partial charge >= 0.3 is 5.69 Å². The molecular weight excluding hydrogens is 242 g/mol. The van der Waals surface area contributed by atoms with Gasteiger partial charge in [0.2, 0.25) is 0 Å². The standard InChI is InChI=1S/C10H14ClN5O/c11-4-2-1-3-5-12-8-6-9-14-15-10(17)16(9)7-13-8/h6-7,12H,1-5H2,(H,15,17). The molecule has 0 unspecified atom stereocenters. The quantitative estimate of drug-likeness (QED) is 0.602. The number of hydrogen-bond acceptors (Lipinski definition) is 4. The number of anilines is 1. The van der Waals surface area contributed by atoms with E-state index in [0.29, 0.717) is 11.5 Å². The van der Waals surface area contributed by atoms with Crippen molar-refractivity contribution < 1.29 is 0 Å². The number of aromatic amines is 1. The second-order valence-electron chi connectivity index (χ2n) is 3.71. The molecule has 0 saturated heterocycles. The first kappa shape index (κ1) is 11.9. The molecule has 0 aliphatic heterocycles. The fourth-order valence-electron chi connectivity index (χ4n) is 1.52. The van der Waals surface area contributed by atoms with E-state index in [0.717, 1.165) is 31.6 Å². The summed E-state index contributed by atoms with van der Waals surface area (Å²) in [5, 5.41) is 9.41. The molecule has 0 spiro atoms. The Morgan fingerprint density at radius 2 is 2.29 bits per heavy atom. The Balaban J connectivity index is 1.93. The van der Waals surface area contributed by atoms with Crippen molar-refractivity contribution in [2.24, 2.45) is 0 Å². The monoisotopic (exact) mass is 255 g/mol. The predicted molar refractivity (Wildman–Crippen MR) is 66.7 cm³/mol. The molecule has 2 N–H and O–H groups in total. The number of H-pyrrole nitrogens is 1. The number of unbranched alkanes of at least 4 members (excludes halogenated alkanes) is 2. The van der Waals surface area contributed by atoms with Crippen LogP contribution in [0.4, 0.5) is 5.82 Å². The van der Waals surface area contributed by atoms with Crippen LogP contribution in [0.2, 0.25) is 0 Å². The Labute approximate surface area is 103 Å². The highest BCUT2D eigenvalue weighted by Gasteiger charge is 2.01. The third-order valence-electron chi connectivity index (χ3n) is 2.43. The lowest BCUT2D eigenvalue weighted by Gasteiger charge is -2.04. The summed E-state index contributed by atoms with van der Waals surface area (Å²) in [7, 11) is 0. The van der Waals surface area contributed by atoms with Gasteiger partial charge < -0.3 is 5.32 Å². The molecule has 6 nitrogen and oxygen atoms in total. The lowest BCUT2D eigenvalue weighted by molar-refractivity contribution is 0.745. The van der Waals surface area contributed by atoms with E-state index in [4.69, 9.17) is 11.6 Å². The van der Waals surface area contributed by atoms with Gasteiger partial charge in [0, 0.05) is 18.5 Å². The maximum absolute atomic E-state index is 11.2. The van der Waals surface area contributed by atoms with Crippen molar-refractivity contribution in [3.8, 4) is 0 Å². The van der Waals surface area contributed by atoms with Crippen molar-refractivity contribution in [1.82, 2.24) is 19.6 Å². The molecule has 2 aromatic heterocycles. The molecule has 0 bridgehead atoms. The molecule has 17 heavy (non-hydrogen) atoms. The topological polar surface area (TPSA) is 75.1 Å². The van der Waals surface area contributed by atoms with Crippen LogP contribution in [0.25, 0.3) is 5.65 Å². The van der Waals surface area contributed by atoms with Gasteiger partial charge in [-0.2, -0.15) is 5.10 Å². The van der Waals surface area contributed by atoms with E-state index >= 15 is 0 Å². The SMILES string of the molecule is O=c1[nH]nc2cc(NCCCCCCl)ncn12. The average molecular weight is 256 g/mol. The van der Waals surface area contributed by atoms with E-state index in [1.165, 1.54) is 10.7 Å². The number of rotatable bonds is 6. The van der Waals surface area contributed by atoms with Crippen molar-refractivity contribution in [3.05, 3.63) is 22.9 Å². The summed E-state index contributed by atoms with van der Waals surface area (Å²) in [4.78, 5) is 15.3. The Hall–Kier alpha value is -1.56. The second-order valence-corrected chi connectivity index (χ2v) is 4.09. The number of nitrogens with zero attached hydrogens (tertiary/aromatic N) is 3. The zero-order valence-corrected chi connectivity index (χ0v) is 10.1. The van der Waals surface area contributed by atoms with Crippen LogP contribution in [0.5, 0.6) is 0 Å². The summed E-state index contributed by atoms with van der Waals surface area (Å²) in [6.07, 6.45) is 4.64. The number of fused-ring (bicyclic) bond motifs is 1. The largest absolute Gasteiger partial charge is 0.370 e. The average Bonchev–Trinajstić information content (AvgIpc) is 2.71. The summed E-state index contributed by atoms with van der Waals surface area (Å²) < 4.78 is 1.36. The summed E-state index contributed by atoms with van der Waals surface area (Å²) in [6.45, 7) is 0.842. The zero-order chi connectivity index (χ0) is 12.1. The molecule has 2 heterocycles. The van der Waals surface area contributed by atoms with E-state index in [2.05, 4.69) is 20.5 Å². The summed E-state index contributed by atoms with van der Waals surface area (Å²) in [6, 6.07) is 1.74. The second kappa shape index (κ2) is 5.67. The van der Waals surface area contributed by atoms with Gasteiger partial charge in [-0.1, -0.05) is 6.42 Å². The zero-order valence-electron chi connectivity index (χ0n) is 9.32. The molecule has 0 amide bonds. The Morgan fingerprint density at radius 3 is 3.12 bits per heavy atom. The van der Waals surface area contributed by atoms with Crippen LogP contribution in [0.3, 0.4) is 0 Å². The van der Waals surface area contributed by atoms with Crippen molar-refractivity contribution in [2.45, 2.75) is 19.3 Å². The molecule has 0 saturated carbocycles. The van der Waals surface area contributed by atoms with E-state index in [9.17, 15) is 4.79 Å². The van der Waals surface area contributed by atoms with Gasteiger partial charge in [-0.15, -0.1) is 11.6 Å². The number of aromatic nitrogens is 4. The van der Waals surface area contributed by atoms with Gasteiger partial charge in [0.1, 0.15) is 12.1 Å². The maximum atomic E-state index is 11.2. The van der Waals surface area contributed by atoms with Crippen LogP contribution in [0.15, 0.2) is 17.2 Å². The third-order valence-corrected chi connectivity index (χ3v) is 2.69. The van der Waals surface area contributed by atoms with Crippen molar-refractivity contribution in [1.29, 1.82) is 0 Å². The van der Waals surface area contributed by atoms with Crippen molar-refractivity contribution in [3.63, 3.8) is 0 Å². The minimum absolute atomic E-state index is 0.277. The van der Waals surface area contributed by atoms with E-state index < -0.39 is 0 Å². The van der Waals surface area contributed by atoms with Crippen molar-refractivity contribution in [2.75, 3.05) is 17.7 Å². The highest BCUT2D eigenvalue weighted by molar-refractivity contribution is 6.17. The van der Waals surface area contributed by atoms with Crippen LogP contribution < -0.4 is 11.0 Å². The van der Waals surface area contributed by atoms with Gasteiger partial charge in [0.15, 0.2) is 5.65 Å². The van der Waals surface area contributed by atoms with Crippen LogP contribution in [0.1, 0.15) is 19.3 Å². The predicted octanol–water partition coefficient (Wildman–Crippen LogP) is 1.24. The molecule has 0 fully saturated rings. The lowest BCUT2D eigenvalue weighted by atomic mass is 10.2.